The zero-order chi connectivity index (χ0) is 15.2. The highest BCUT2D eigenvalue weighted by atomic mass is 79.9. The lowest BCUT2D eigenvalue weighted by Crippen LogP contribution is -2.25. The van der Waals surface area contributed by atoms with Crippen molar-refractivity contribution in [3.8, 4) is 0 Å². The normalized spacial score (nSPS) is 12.4. The summed E-state index contributed by atoms with van der Waals surface area (Å²) < 4.78 is 14.8. The van der Waals surface area contributed by atoms with Crippen LogP contribution in [0.25, 0.3) is 0 Å². The number of hydrogen-bond donors (Lipinski definition) is 1. The molecule has 0 saturated carbocycles. The Labute approximate surface area is 133 Å². The van der Waals surface area contributed by atoms with Crippen LogP contribution in [0.3, 0.4) is 0 Å². The van der Waals surface area contributed by atoms with Crippen LogP contribution in [0.5, 0.6) is 0 Å². The second-order valence-corrected chi connectivity index (χ2v) is 6.07. The number of pyridine rings is 1. The highest BCUT2D eigenvalue weighted by Gasteiger charge is 2.15. The van der Waals surface area contributed by atoms with Crippen LogP contribution < -0.4 is 5.32 Å². The van der Waals surface area contributed by atoms with Crippen LogP contribution in [-0.2, 0) is 6.42 Å². The van der Waals surface area contributed by atoms with E-state index >= 15 is 0 Å². The number of nitrogens with zero attached hydrogens (tertiary/aromatic N) is 1. The Morgan fingerprint density at radius 3 is 2.76 bits per heavy atom. The predicted octanol–water partition coefficient (Wildman–Crippen LogP) is 4.58. The fraction of sp³-hybridized carbons (Fsp3) is 0.353. The number of hydrogen-bond acceptors (Lipinski definition) is 2. The molecular formula is C17H20BrFN2. The van der Waals surface area contributed by atoms with Crippen molar-refractivity contribution in [1.29, 1.82) is 0 Å². The van der Waals surface area contributed by atoms with E-state index < -0.39 is 0 Å². The van der Waals surface area contributed by atoms with E-state index in [1.165, 1.54) is 6.07 Å². The van der Waals surface area contributed by atoms with Gasteiger partial charge < -0.3 is 5.32 Å². The fourth-order valence-corrected chi connectivity index (χ4v) is 2.60. The number of aryl methyl sites for hydroxylation is 1. The Morgan fingerprint density at radius 1 is 1.29 bits per heavy atom. The van der Waals surface area contributed by atoms with Crippen molar-refractivity contribution in [2.24, 2.45) is 0 Å². The van der Waals surface area contributed by atoms with Crippen molar-refractivity contribution in [1.82, 2.24) is 10.3 Å². The van der Waals surface area contributed by atoms with Crippen molar-refractivity contribution in [2.75, 3.05) is 6.54 Å². The summed E-state index contributed by atoms with van der Waals surface area (Å²) in [5.41, 5.74) is 2.65. The molecule has 21 heavy (non-hydrogen) atoms. The molecule has 0 amide bonds. The van der Waals surface area contributed by atoms with Gasteiger partial charge in [-0.05, 0) is 56.1 Å². The minimum Gasteiger partial charge on any atom is -0.308 e. The van der Waals surface area contributed by atoms with E-state index in [9.17, 15) is 4.39 Å². The summed E-state index contributed by atoms with van der Waals surface area (Å²) >= 11 is 3.29. The second-order valence-electron chi connectivity index (χ2n) is 5.15. The van der Waals surface area contributed by atoms with E-state index in [0.29, 0.717) is 12.0 Å². The monoisotopic (exact) mass is 350 g/mol. The fourth-order valence-electron chi connectivity index (χ4n) is 2.27. The molecule has 1 aromatic carbocycles. The summed E-state index contributed by atoms with van der Waals surface area (Å²) in [6, 6.07) is 11.2. The molecule has 0 spiro atoms. The first-order chi connectivity index (χ1) is 10.1. The maximum absolute atomic E-state index is 14.0. The molecule has 1 N–H and O–H groups in total. The van der Waals surface area contributed by atoms with Crippen molar-refractivity contribution in [3.63, 3.8) is 0 Å². The summed E-state index contributed by atoms with van der Waals surface area (Å²) in [4.78, 5) is 4.58. The third-order valence-corrected chi connectivity index (χ3v) is 3.84. The van der Waals surface area contributed by atoms with Gasteiger partial charge in [0.1, 0.15) is 5.82 Å². The zero-order valence-electron chi connectivity index (χ0n) is 12.4. The molecule has 0 aliphatic rings. The quantitative estimate of drug-likeness (QED) is 0.824. The number of aromatic nitrogens is 1. The van der Waals surface area contributed by atoms with Gasteiger partial charge in [0, 0.05) is 10.2 Å². The van der Waals surface area contributed by atoms with Gasteiger partial charge in [0.05, 0.1) is 11.7 Å². The van der Waals surface area contributed by atoms with E-state index in [0.717, 1.165) is 28.8 Å². The summed E-state index contributed by atoms with van der Waals surface area (Å²) in [6.07, 6.45) is 1.63. The molecule has 0 fully saturated rings. The van der Waals surface area contributed by atoms with E-state index in [1.54, 1.807) is 0 Å². The van der Waals surface area contributed by atoms with E-state index in [-0.39, 0.29) is 11.9 Å². The highest BCUT2D eigenvalue weighted by Crippen LogP contribution is 2.22. The van der Waals surface area contributed by atoms with Crippen molar-refractivity contribution < 1.29 is 4.39 Å². The summed E-state index contributed by atoms with van der Waals surface area (Å²) in [6.45, 7) is 4.98. The van der Waals surface area contributed by atoms with Gasteiger partial charge in [0.2, 0.25) is 0 Å². The Balaban J connectivity index is 2.23. The minimum atomic E-state index is -0.180. The van der Waals surface area contributed by atoms with E-state index in [1.807, 2.05) is 37.3 Å². The Kier molecular flexibility index (Phi) is 5.88. The first-order valence-corrected chi connectivity index (χ1v) is 8.00. The SMILES string of the molecule is CCCNC(Cc1ccc(Br)cc1F)c1cccc(C)n1. The van der Waals surface area contributed by atoms with Gasteiger partial charge in [0.25, 0.3) is 0 Å². The average Bonchev–Trinajstić information content (AvgIpc) is 2.45. The molecule has 0 bridgehead atoms. The lowest BCUT2D eigenvalue weighted by Gasteiger charge is -2.19. The minimum absolute atomic E-state index is 0.0283. The van der Waals surface area contributed by atoms with Gasteiger partial charge in [0.15, 0.2) is 0 Å². The molecule has 0 aliphatic carbocycles. The summed E-state index contributed by atoms with van der Waals surface area (Å²) in [7, 11) is 0. The van der Waals surface area contributed by atoms with Gasteiger partial charge in [-0.2, -0.15) is 0 Å². The van der Waals surface area contributed by atoms with Crippen molar-refractivity contribution in [2.45, 2.75) is 32.7 Å². The van der Waals surface area contributed by atoms with Gasteiger partial charge in [-0.15, -0.1) is 0 Å². The topological polar surface area (TPSA) is 24.9 Å². The van der Waals surface area contributed by atoms with E-state index in [4.69, 9.17) is 0 Å². The molecule has 1 atom stereocenters. The van der Waals surface area contributed by atoms with Crippen LogP contribution in [0.15, 0.2) is 40.9 Å². The molecule has 2 rings (SSSR count). The maximum atomic E-state index is 14.0. The molecular weight excluding hydrogens is 331 g/mol. The lowest BCUT2D eigenvalue weighted by molar-refractivity contribution is 0.502. The Morgan fingerprint density at radius 2 is 2.10 bits per heavy atom. The van der Waals surface area contributed by atoms with E-state index in [2.05, 4.69) is 33.2 Å². The van der Waals surface area contributed by atoms with Crippen molar-refractivity contribution in [3.05, 3.63) is 63.6 Å². The number of rotatable bonds is 6. The van der Waals surface area contributed by atoms with Gasteiger partial charge >= 0.3 is 0 Å². The number of halogens is 2. The summed E-state index contributed by atoms with van der Waals surface area (Å²) in [5.74, 6) is -0.180. The molecule has 1 heterocycles. The molecule has 0 radical (unpaired) electrons. The molecule has 0 aliphatic heterocycles. The first kappa shape index (κ1) is 16.1. The molecule has 4 heteroatoms. The molecule has 1 unspecified atom stereocenters. The molecule has 0 saturated heterocycles. The number of nitrogens with one attached hydrogen (secondary N) is 1. The van der Waals surface area contributed by atoms with Crippen LogP contribution in [0.4, 0.5) is 4.39 Å². The Bertz CT molecular complexity index is 601. The standard InChI is InChI=1S/C17H20BrFN2/c1-3-9-20-17(16-6-4-5-12(2)21-16)10-13-7-8-14(18)11-15(13)19/h4-8,11,17,20H,3,9-10H2,1-2H3. The maximum Gasteiger partial charge on any atom is 0.127 e. The van der Waals surface area contributed by atoms with Crippen LogP contribution in [0.2, 0.25) is 0 Å². The summed E-state index contributed by atoms with van der Waals surface area (Å²) in [5, 5.41) is 3.46. The van der Waals surface area contributed by atoms with Gasteiger partial charge in [-0.3, -0.25) is 4.98 Å². The molecule has 112 valence electrons. The van der Waals surface area contributed by atoms with Gasteiger partial charge in [-0.25, -0.2) is 4.39 Å². The average molecular weight is 351 g/mol. The van der Waals surface area contributed by atoms with Gasteiger partial charge in [-0.1, -0.05) is 35.0 Å². The smallest absolute Gasteiger partial charge is 0.127 e. The van der Waals surface area contributed by atoms with Crippen LogP contribution in [-0.4, -0.2) is 11.5 Å². The third kappa shape index (κ3) is 4.61. The number of benzene rings is 1. The first-order valence-electron chi connectivity index (χ1n) is 7.21. The lowest BCUT2D eigenvalue weighted by atomic mass is 10.0. The van der Waals surface area contributed by atoms with Crippen molar-refractivity contribution >= 4 is 15.9 Å². The largest absolute Gasteiger partial charge is 0.308 e. The molecule has 2 nitrogen and oxygen atoms in total. The molecule has 2 aromatic rings. The predicted molar refractivity (Wildman–Crippen MR) is 87.8 cm³/mol. The zero-order valence-corrected chi connectivity index (χ0v) is 14.0. The van der Waals surface area contributed by atoms with Crippen LogP contribution >= 0.6 is 15.9 Å². The molecule has 1 aromatic heterocycles. The van der Waals surface area contributed by atoms with Crippen LogP contribution in [0.1, 0.15) is 36.3 Å². The highest BCUT2D eigenvalue weighted by molar-refractivity contribution is 9.10. The second kappa shape index (κ2) is 7.66. The Hall–Kier alpha value is -1.26. The van der Waals surface area contributed by atoms with Crippen LogP contribution in [0, 0.1) is 12.7 Å². The third-order valence-electron chi connectivity index (χ3n) is 3.35.